The number of unbranched alkanes of at least 4 members (excludes halogenated alkanes) is 2. The Hall–Kier alpha value is -1.94. The van der Waals surface area contributed by atoms with E-state index in [1.165, 1.54) is 11.0 Å². The zero-order chi connectivity index (χ0) is 16.5. The van der Waals surface area contributed by atoms with Gasteiger partial charge in [0.2, 0.25) is 0 Å². The lowest BCUT2D eigenvalue weighted by molar-refractivity contribution is -0.129. The molecule has 0 unspecified atom stereocenters. The summed E-state index contributed by atoms with van der Waals surface area (Å²) in [6.45, 7) is 4.29. The van der Waals surface area contributed by atoms with E-state index in [0.717, 1.165) is 42.7 Å². The molecule has 0 bridgehead atoms. The zero-order valence-electron chi connectivity index (χ0n) is 13.7. The minimum absolute atomic E-state index is 0.326. The van der Waals surface area contributed by atoms with Crippen molar-refractivity contribution in [1.82, 2.24) is 4.98 Å². The van der Waals surface area contributed by atoms with Gasteiger partial charge in [-0.2, -0.15) is 0 Å². The summed E-state index contributed by atoms with van der Waals surface area (Å²) < 4.78 is 5.29. The van der Waals surface area contributed by atoms with Crippen molar-refractivity contribution in [2.24, 2.45) is 0 Å². The summed E-state index contributed by atoms with van der Waals surface area (Å²) in [5.41, 5.74) is 1.05. The van der Waals surface area contributed by atoms with Crippen LogP contribution in [0, 0.1) is 0 Å². The van der Waals surface area contributed by atoms with Gasteiger partial charge < -0.3 is 4.74 Å². The molecule has 0 spiro atoms. The van der Waals surface area contributed by atoms with Crippen LogP contribution in [0.1, 0.15) is 44.4 Å². The van der Waals surface area contributed by atoms with Gasteiger partial charge in [0.1, 0.15) is 10.8 Å². The normalized spacial score (nSPS) is 11.0. The number of hydrogen-bond acceptors (Lipinski definition) is 4. The lowest BCUT2D eigenvalue weighted by Gasteiger charge is -2.02. The molecule has 1 aromatic carbocycles. The molecular formula is C19H23NO2S. The Morgan fingerprint density at radius 3 is 2.70 bits per heavy atom. The molecule has 3 nitrogen and oxygen atoms in total. The van der Waals surface area contributed by atoms with Crippen molar-refractivity contribution in [1.29, 1.82) is 0 Å². The highest BCUT2D eigenvalue weighted by Crippen LogP contribution is 2.27. The Morgan fingerprint density at radius 1 is 1.22 bits per heavy atom. The highest BCUT2D eigenvalue weighted by Gasteiger charge is 2.06. The monoisotopic (exact) mass is 329 g/mol. The van der Waals surface area contributed by atoms with Crippen molar-refractivity contribution in [2.75, 3.05) is 0 Å². The number of thiazole rings is 1. The fraction of sp³-hybridized carbons (Fsp3) is 0.368. The third-order valence-corrected chi connectivity index (χ3v) is 4.45. The van der Waals surface area contributed by atoms with Gasteiger partial charge in [0, 0.05) is 22.7 Å². The lowest BCUT2D eigenvalue weighted by atomic mass is 10.2. The van der Waals surface area contributed by atoms with Gasteiger partial charge in [0.05, 0.1) is 0 Å². The molecule has 2 rings (SSSR count). The smallest absolute Gasteiger partial charge is 0.335 e. The minimum atomic E-state index is -0.326. The van der Waals surface area contributed by atoms with Gasteiger partial charge >= 0.3 is 5.97 Å². The summed E-state index contributed by atoms with van der Waals surface area (Å²) >= 11 is 1.72. The number of aryl methyl sites for hydroxylation is 1. The molecule has 0 aliphatic heterocycles. The van der Waals surface area contributed by atoms with Gasteiger partial charge in [0.15, 0.2) is 0 Å². The number of nitrogens with zero attached hydrogens (tertiary/aromatic N) is 1. The molecule has 0 aliphatic carbocycles. The number of aromatic nitrogens is 1. The van der Waals surface area contributed by atoms with Crippen LogP contribution in [0.2, 0.25) is 0 Å². The topological polar surface area (TPSA) is 39.2 Å². The number of carbonyl (C=O) groups excluding carboxylic acids is 1. The molecular weight excluding hydrogens is 306 g/mol. The number of carbonyl (C=O) groups is 1. The first-order chi connectivity index (χ1) is 11.2. The Balaban J connectivity index is 1.93. The molecule has 0 saturated carbocycles. The molecule has 0 aliphatic rings. The summed E-state index contributed by atoms with van der Waals surface area (Å²) in [5, 5.41) is 1.01. The minimum Gasteiger partial charge on any atom is -0.423 e. The molecule has 0 radical (unpaired) electrons. The van der Waals surface area contributed by atoms with Crippen molar-refractivity contribution in [3.63, 3.8) is 0 Å². The van der Waals surface area contributed by atoms with Crippen LogP contribution in [0.5, 0.6) is 5.75 Å². The van der Waals surface area contributed by atoms with E-state index in [1.54, 1.807) is 11.3 Å². The van der Waals surface area contributed by atoms with Crippen LogP contribution in [0.3, 0.4) is 0 Å². The van der Waals surface area contributed by atoms with Gasteiger partial charge in [-0.15, -0.1) is 11.3 Å². The third kappa shape index (κ3) is 5.64. The second-order valence-electron chi connectivity index (χ2n) is 5.37. The van der Waals surface area contributed by atoms with Gasteiger partial charge in [-0.1, -0.05) is 39.2 Å². The molecule has 1 aromatic heterocycles. The van der Waals surface area contributed by atoms with Crippen LogP contribution >= 0.6 is 11.3 Å². The van der Waals surface area contributed by atoms with Crippen molar-refractivity contribution in [3.05, 3.63) is 47.5 Å². The number of hydrogen-bond donors (Lipinski definition) is 0. The summed E-state index contributed by atoms with van der Waals surface area (Å²) in [7, 11) is 0. The van der Waals surface area contributed by atoms with Crippen LogP contribution in [0.25, 0.3) is 10.6 Å². The predicted molar refractivity (Wildman–Crippen MR) is 95.8 cm³/mol. The Morgan fingerprint density at radius 2 is 2.00 bits per heavy atom. The van der Waals surface area contributed by atoms with Crippen LogP contribution in [-0.2, 0) is 11.2 Å². The van der Waals surface area contributed by atoms with Gasteiger partial charge in [-0.3, -0.25) is 0 Å². The Labute approximate surface area is 142 Å². The SMILES string of the molecule is CCCC/C=C/C(=O)Oc1ccc(-c2ncc(CCC)s2)cc1. The molecule has 1 heterocycles. The molecule has 122 valence electrons. The summed E-state index contributed by atoms with van der Waals surface area (Å²) in [6, 6.07) is 7.51. The van der Waals surface area contributed by atoms with E-state index in [-0.39, 0.29) is 5.97 Å². The molecule has 2 aromatic rings. The zero-order valence-corrected chi connectivity index (χ0v) is 14.6. The molecule has 0 amide bonds. The van der Waals surface area contributed by atoms with Crippen molar-refractivity contribution < 1.29 is 9.53 Å². The lowest BCUT2D eigenvalue weighted by Crippen LogP contribution is -2.03. The highest BCUT2D eigenvalue weighted by atomic mass is 32.1. The first-order valence-electron chi connectivity index (χ1n) is 8.16. The van der Waals surface area contributed by atoms with Crippen LogP contribution in [0.4, 0.5) is 0 Å². The molecule has 0 saturated heterocycles. The predicted octanol–water partition coefficient (Wildman–Crippen LogP) is 5.41. The highest BCUT2D eigenvalue weighted by molar-refractivity contribution is 7.15. The Bertz CT molecular complexity index is 644. The fourth-order valence-electron chi connectivity index (χ4n) is 2.12. The van der Waals surface area contributed by atoms with Crippen LogP contribution < -0.4 is 4.74 Å². The maximum atomic E-state index is 11.7. The first kappa shape index (κ1) is 17.4. The number of rotatable bonds is 8. The van der Waals surface area contributed by atoms with E-state index in [2.05, 4.69) is 18.8 Å². The molecule has 0 fully saturated rings. The van der Waals surface area contributed by atoms with Crippen LogP contribution in [0.15, 0.2) is 42.6 Å². The van der Waals surface area contributed by atoms with E-state index < -0.39 is 0 Å². The van der Waals surface area contributed by atoms with Crippen LogP contribution in [-0.4, -0.2) is 11.0 Å². The Kier molecular flexibility index (Phi) is 7.01. The van der Waals surface area contributed by atoms with E-state index in [0.29, 0.717) is 5.75 Å². The van der Waals surface area contributed by atoms with E-state index in [9.17, 15) is 4.79 Å². The standard InChI is InChI=1S/C19H23NO2S/c1-3-5-6-7-9-18(21)22-16-12-10-15(11-13-16)19-20-14-17(23-19)8-4-2/h7,9-14H,3-6,8H2,1-2H3/b9-7+. The largest absolute Gasteiger partial charge is 0.423 e. The van der Waals surface area contributed by atoms with Crippen molar-refractivity contribution in [3.8, 4) is 16.3 Å². The van der Waals surface area contributed by atoms with E-state index >= 15 is 0 Å². The van der Waals surface area contributed by atoms with Crippen molar-refractivity contribution in [2.45, 2.75) is 46.0 Å². The average molecular weight is 329 g/mol. The van der Waals surface area contributed by atoms with Gasteiger partial charge in [-0.05, 0) is 37.1 Å². The number of ether oxygens (including phenoxy) is 1. The van der Waals surface area contributed by atoms with Crippen molar-refractivity contribution >= 4 is 17.3 Å². The molecule has 4 heteroatoms. The second kappa shape index (κ2) is 9.26. The number of allylic oxidation sites excluding steroid dienone is 1. The first-order valence-corrected chi connectivity index (χ1v) is 8.98. The number of esters is 1. The van der Waals surface area contributed by atoms with E-state index in [1.807, 2.05) is 36.5 Å². The van der Waals surface area contributed by atoms with Gasteiger partial charge in [0.25, 0.3) is 0 Å². The maximum Gasteiger partial charge on any atom is 0.335 e. The second-order valence-corrected chi connectivity index (χ2v) is 6.49. The maximum absolute atomic E-state index is 11.7. The third-order valence-electron chi connectivity index (χ3n) is 3.35. The number of benzene rings is 1. The summed E-state index contributed by atoms with van der Waals surface area (Å²) in [5.74, 6) is 0.234. The summed E-state index contributed by atoms with van der Waals surface area (Å²) in [4.78, 5) is 17.4. The average Bonchev–Trinajstić information content (AvgIpc) is 3.01. The molecule has 0 atom stereocenters. The quantitative estimate of drug-likeness (QED) is 0.281. The molecule has 0 N–H and O–H groups in total. The van der Waals surface area contributed by atoms with Gasteiger partial charge in [-0.25, -0.2) is 9.78 Å². The molecule has 23 heavy (non-hydrogen) atoms. The summed E-state index contributed by atoms with van der Waals surface area (Å²) in [6.07, 6.45) is 10.6. The fourth-order valence-corrected chi connectivity index (χ4v) is 3.14. The van der Waals surface area contributed by atoms with E-state index in [4.69, 9.17) is 4.74 Å².